The zero-order valence-electron chi connectivity index (χ0n) is 13.8. The third-order valence-corrected chi connectivity index (χ3v) is 3.79. The fourth-order valence-electron chi connectivity index (χ4n) is 1.51. The molecular weight excluding hydrogens is 391 g/mol. The van der Waals surface area contributed by atoms with E-state index in [1.54, 1.807) is 40.8 Å². The van der Waals surface area contributed by atoms with Gasteiger partial charge < -0.3 is 9.47 Å². The third-order valence-electron chi connectivity index (χ3n) is 3.20. The lowest BCUT2D eigenvalue weighted by Crippen LogP contribution is -2.03. The van der Waals surface area contributed by atoms with Crippen molar-refractivity contribution in [3.05, 3.63) is 46.6 Å². The third kappa shape index (κ3) is 6.22. The molecule has 0 saturated carbocycles. The molecule has 0 aliphatic rings. The van der Waals surface area contributed by atoms with E-state index in [-0.39, 0.29) is 3.79 Å². The fourth-order valence-corrected chi connectivity index (χ4v) is 1.95. The number of benzene rings is 1. The molecule has 0 spiro atoms. The van der Waals surface area contributed by atoms with E-state index < -0.39 is 0 Å². The van der Waals surface area contributed by atoms with E-state index in [1.165, 1.54) is 16.7 Å². The first-order valence-corrected chi connectivity index (χ1v) is 8.25. The Morgan fingerprint density at radius 1 is 1.14 bits per heavy atom. The van der Waals surface area contributed by atoms with Crippen molar-refractivity contribution in [3.63, 3.8) is 0 Å². The van der Waals surface area contributed by atoms with Crippen LogP contribution in [0.3, 0.4) is 0 Å². The molecule has 1 aromatic carbocycles. The maximum absolute atomic E-state index is 11.7. The highest BCUT2D eigenvalue weighted by molar-refractivity contribution is 14.1. The highest BCUT2D eigenvalue weighted by Crippen LogP contribution is 2.27. The molecule has 0 bridgehead atoms. The Morgan fingerprint density at radius 2 is 1.82 bits per heavy atom. The number of carbonyl (C=O) groups excluding carboxylic acids is 1. The number of carbonyl (C=O) groups is 1. The van der Waals surface area contributed by atoms with Gasteiger partial charge in [-0.15, -0.1) is 0 Å². The lowest BCUT2D eigenvalue weighted by molar-refractivity contribution is 0.110. The van der Waals surface area contributed by atoms with E-state index in [2.05, 4.69) is 13.8 Å². The predicted octanol–water partition coefficient (Wildman–Crippen LogP) is 5.34. The summed E-state index contributed by atoms with van der Waals surface area (Å²) in [6.07, 6.45) is 1.97. The number of ether oxygens (including phenoxy) is 2. The number of rotatable bonds is 7. The Labute approximate surface area is 146 Å². The maximum atomic E-state index is 11.7. The maximum Gasteiger partial charge on any atom is 0.226 e. The molecule has 0 aromatic heterocycles. The van der Waals surface area contributed by atoms with Crippen LogP contribution in [0.2, 0.25) is 0 Å². The van der Waals surface area contributed by atoms with Crippen LogP contribution in [-0.4, -0.2) is 17.0 Å². The fraction of sp³-hybridized carbons (Fsp3) is 0.389. The van der Waals surface area contributed by atoms with Gasteiger partial charge in [0.15, 0.2) is 0 Å². The van der Waals surface area contributed by atoms with Crippen molar-refractivity contribution in [1.82, 2.24) is 0 Å². The smallest absolute Gasteiger partial charge is 0.226 e. The standard InChI is InChI=1S/C18H23IO3/c1-12(2)8-9-21-17-10-15(6-7-16(17)18(19)20)22-11-14(5)13(3)4/h6-8,10H,9,11H2,1-5H3. The summed E-state index contributed by atoms with van der Waals surface area (Å²) in [6.45, 7) is 11.2. The minimum Gasteiger partial charge on any atom is -0.489 e. The SMILES string of the molecule is CC(C)=CCOc1cc(OCC(C)=C(C)C)ccc1C(=O)I. The van der Waals surface area contributed by atoms with Gasteiger partial charge >= 0.3 is 0 Å². The Bertz CT molecular complexity index is 592. The van der Waals surface area contributed by atoms with E-state index >= 15 is 0 Å². The van der Waals surface area contributed by atoms with Gasteiger partial charge in [-0.25, -0.2) is 0 Å². The van der Waals surface area contributed by atoms with E-state index in [9.17, 15) is 4.79 Å². The van der Waals surface area contributed by atoms with Gasteiger partial charge in [0.1, 0.15) is 24.7 Å². The van der Waals surface area contributed by atoms with E-state index in [1.807, 2.05) is 26.8 Å². The van der Waals surface area contributed by atoms with Crippen LogP contribution in [-0.2, 0) is 0 Å². The molecule has 0 aliphatic heterocycles. The predicted molar refractivity (Wildman–Crippen MR) is 99.3 cm³/mol. The lowest BCUT2D eigenvalue weighted by Gasteiger charge is -2.12. The topological polar surface area (TPSA) is 35.5 Å². The van der Waals surface area contributed by atoms with Crippen molar-refractivity contribution >= 4 is 26.4 Å². The van der Waals surface area contributed by atoms with Gasteiger partial charge in [0.25, 0.3) is 0 Å². The van der Waals surface area contributed by atoms with E-state index in [4.69, 9.17) is 9.47 Å². The molecule has 22 heavy (non-hydrogen) atoms. The van der Waals surface area contributed by atoms with E-state index in [0.717, 1.165) is 0 Å². The van der Waals surface area contributed by atoms with Crippen LogP contribution < -0.4 is 9.47 Å². The van der Waals surface area contributed by atoms with Gasteiger partial charge in [-0.1, -0.05) is 11.1 Å². The summed E-state index contributed by atoms with van der Waals surface area (Å²) in [5, 5.41) is 0. The molecule has 0 N–H and O–H groups in total. The zero-order valence-corrected chi connectivity index (χ0v) is 16.0. The first-order chi connectivity index (χ1) is 10.3. The monoisotopic (exact) mass is 414 g/mol. The molecule has 0 fully saturated rings. The molecule has 120 valence electrons. The highest BCUT2D eigenvalue weighted by atomic mass is 127. The van der Waals surface area contributed by atoms with Gasteiger partial charge in [-0.2, -0.15) is 0 Å². The van der Waals surface area contributed by atoms with Crippen molar-refractivity contribution in [2.45, 2.75) is 34.6 Å². The van der Waals surface area contributed by atoms with Crippen molar-refractivity contribution in [1.29, 1.82) is 0 Å². The van der Waals surface area contributed by atoms with Crippen LogP contribution in [0, 0.1) is 0 Å². The highest BCUT2D eigenvalue weighted by Gasteiger charge is 2.11. The van der Waals surface area contributed by atoms with Crippen molar-refractivity contribution in [2.75, 3.05) is 13.2 Å². The average Bonchev–Trinajstić information content (AvgIpc) is 2.44. The second kappa shape index (κ2) is 8.98. The lowest BCUT2D eigenvalue weighted by atomic mass is 10.2. The van der Waals surface area contributed by atoms with E-state index in [0.29, 0.717) is 30.3 Å². The molecule has 0 saturated heterocycles. The van der Waals surface area contributed by atoms with Crippen LogP contribution in [0.1, 0.15) is 45.0 Å². The first-order valence-electron chi connectivity index (χ1n) is 7.17. The summed E-state index contributed by atoms with van der Waals surface area (Å²) in [4.78, 5) is 11.7. The number of allylic oxidation sites excluding steroid dienone is 2. The second-order valence-corrected chi connectivity index (χ2v) is 6.57. The van der Waals surface area contributed by atoms with Crippen molar-refractivity contribution in [3.8, 4) is 11.5 Å². The summed E-state index contributed by atoms with van der Waals surface area (Å²) in [7, 11) is 0. The molecule has 0 unspecified atom stereocenters. The summed E-state index contributed by atoms with van der Waals surface area (Å²) >= 11 is 1.77. The van der Waals surface area contributed by atoms with Crippen LogP contribution in [0.4, 0.5) is 0 Å². The molecule has 0 heterocycles. The summed E-state index contributed by atoms with van der Waals surface area (Å²) < 4.78 is 11.4. The number of hydrogen-bond donors (Lipinski definition) is 0. The normalized spacial score (nSPS) is 9.91. The molecule has 0 atom stereocenters. The molecule has 4 heteroatoms. The van der Waals surface area contributed by atoms with Crippen LogP contribution >= 0.6 is 22.6 Å². The molecule has 1 aromatic rings. The summed E-state index contributed by atoms with van der Waals surface area (Å²) in [5.74, 6) is 1.26. The molecule has 0 amide bonds. The first kappa shape index (κ1) is 18.7. The Balaban J connectivity index is 2.91. The molecule has 0 radical (unpaired) electrons. The zero-order chi connectivity index (χ0) is 16.7. The second-order valence-electron chi connectivity index (χ2n) is 5.59. The van der Waals surface area contributed by atoms with Gasteiger partial charge in [0.05, 0.1) is 5.56 Å². The van der Waals surface area contributed by atoms with Gasteiger partial charge in [0.2, 0.25) is 3.79 Å². The van der Waals surface area contributed by atoms with Crippen LogP contribution in [0.5, 0.6) is 11.5 Å². The molecule has 1 rings (SSSR count). The number of halogens is 1. The summed E-state index contributed by atoms with van der Waals surface area (Å²) in [5.41, 5.74) is 4.18. The number of hydrogen-bond acceptors (Lipinski definition) is 3. The minimum absolute atomic E-state index is 0.0446. The van der Waals surface area contributed by atoms with Crippen molar-refractivity contribution in [2.24, 2.45) is 0 Å². The Morgan fingerprint density at radius 3 is 2.36 bits per heavy atom. The molecular formula is C18H23IO3. The van der Waals surface area contributed by atoms with Crippen LogP contribution in [0.15, 0.2) is 41.0 Å². The van der Waals surface area contributed by atoms with Crippen molar-refractivity contribution < 1.29 is 14.3 Å². The minimum atomic E-state index is -0.0446. The van der Waals surface area contributed by atoms with Gasteiger partial charge in [-0.3, -0.25) is 4.79 Å². The molecule has 3 nitrogen and oxygen atoms in total. The van der Waals surface area contributed by atoms with Crippen LogP contribution in [0.25, 0.3) is 0 Å². The Hall–Kier alpha value is -1.30. The summed E-state index contributed by atoms with van der Waals surface area (Å²) in [6, 6.07) is 5.33. The average molecular weight is 414 g/mol. The Kier molecular flexibility index (Phi) is 7.65. The van der Waals surface area contributed by atoms with Gasteiger partial charge in [-0.05, 0) is 58.4 Å². The quantitative estimate of drug-likeness (QED) is 0.343. The largest absolute Gasteiger partial charge is 0.489 e. The molecule has 0 aliphatic carbocycles. The van der Waals surface area contributed by atoms with Gasteiger partial charge in [0, 0.05) is 28.7 Å².